The fourth-order valence-electron chi connectivity index (χ4n) is 1.14. The van der Waals surface area contributed by atoms with E-state index in [1.165, 1.54) is 6.92 Å². The van der Waals surface area contributed by atoms with Crippen LogP contribution in [0.25, 0.3) is 0 Å². The molecule has 5 nitrogen and oxygen atoms in total. The zero-order valence-electron chi connectivity index (χ0n) is 10.9. The molecule has 2 amide bonds. The second-order valence-corrected chi connectivity index (χ2v) is 3.95. The van der Waals surface area contributed by atoms with E-state index in [-0.39, 0.29) is 11.8 Å². The number of hydrogen-bond acceptors (Lipinski definition) is 3. The number of hydrogen-bond donors (Lipinski definition) is 2. The molecule has 0 aromatic carbocycles. The molecule has 17 heavy (non-hydrogen) atoms. The third kappa shape index (κ3) is 12.8. The normalized spacial score (nSPS) is 10.0. The Bertz CT molecular complexity index is 220. The zero-order valence-corrected chi connectivity index (χ0v) is 10.9. The van der Waals surface area contributed by atoms with Gasteiger partial charge < -0.3 is 15.4 Å². The van der Waals surface area contributed by atoms with Crippen LogP contribution in [-0.4, -0.2) is 38.1 Å². The predicted molar refractivity (Wildman–Crippen MR) is 67.0 cm³/mol. The van der Waals surface area contributed by atoms with Crippen molar-refractivity contribution in [2.24, 2.45) is 0 Å². The first-order valence-corrected chi connectivity index (χ1v) is 6.25. The lowest BCUT2D eigenvalue weighted by molar-refractivity contribution is -0.116. The number of urea groups is 1. The third-order valence-electron chi connectivity index (χ3n) is 2.16. The highest BCUT2D eigenvalue weighted by atomic mass is 16.5. The number of amides is 2. The summed E-state index contributed by atoms with van der Waals surface area (Å²) < 4.78 is 5.35. The molecule has 0 saturated carbocycles. The van der Waals surface area contributed by atoms with Crippen LogP contribution in [0.2, 0.25) is 0 Å². The molecule has 2 N–H and O–H groups in total. The van der Waals surface area contributed by atoms with Crippen molar-refractivity contribution in [2.45, 2.75) is 39.5 Å². The minimum absolute atomic E-state index is 0.0784. The molecule has 0 spiro atoms. The number of nitrogens with one attached hydrogen (secondary N) is 2. The molecule has 0 radical (unpaired) electrons. The summed E-state index contributed by atoms with van der Waals surface area (Å²) >= 11 is 0. The van der Waals surface area contributed by atoms with Gasteiger partial charge in [-0.2, -0.15) is 0 Å². The summed E-state index contributed by atoms with van der Waals surface area (Å²) in [5.41, 5.74) is 0. The molecule has 0 fully saturated rings. The van der Waals surface area contributed by atoms with Crippen LogP contribution in [0.1, 0.15) is 39.5 Å². The molecule has 0 aromatic heterocycles. The van der Waals surface area contributed by atoms with Crippen LogP contribution >= 0.6 is 0 Å². The van der Waals surface area contributed by atoms with E-state index in [2.05, 4.69) is 17.6 Å². The van der Waals surface area contributed by atoms with Crippen molar-refractivity contribution in [1.29, 1.82) is 0 Å². The maximum Gasteiger partial charge on any atom is 0.314 e. The van der Waals surface area contributed by atoms with E-state index >= 15 is 0 Å². The van der Waals surface area contributed by atoms with Crippen LogP contribution in [0.3, 0.4) is 0 Å². The van der Waals surface area contributed by atoms with Gasteiger partial charge in [-0.3, -0.25) is 4.79 Å². The molecule has 100 valence electrons. The highest BCUT2D eigenvalue weighted by Gasteiger charge is 1.99. The number of carbonyl (C=O) groups excluding carboxylic acids is 2. The first kappa shape index (κ1) is 15.9. The summed E-state index contributed by atoms with van der Waals surface area (Å²) in [5.74, 6) is 0.0784. The second-order valence-electron chi connectivity index (χ2n) is 3.95. The molecule has 0 saturated heterocycles. The topological polar surface area (TPSA) is 67.4 Å². The molecule has 0 aromatic rings. The van der Waals surface area contributed by atoms with Gasteiger partial charge in [0.15, 0.2) is 0 Å². The number of rotatable bonds is 10. The number of ether oxygens (including phenoxy) is 1. The molecule has 0 aliphatic carbocycles. The van der Waals surface area contributed by atoms with Crippen molar-refractivity contribution >= 4 is 11.8 Å². The van der Waals surface area contributed by atoms with E-state index in [1.807, 2.05) is 0 Å². The molecule has 0 heterocycles. The first-order valence-electron chi connectivity index (χ1n) is 6.25. The van der Waals surface area contributed by atoms with Gasteiger partial charge in [-0.15, -0.1) is 0 Å². The summed E-state index contributed by atoms with van der Waals surface area (Å²) in [5, 5.41) is 5.32. The monoisotopic (exact) mass is 244 g/mol. The maximum absolute atomic E-state index is 11.2. The third-order valence-corrected chi connectivity index (χ3v) is 2.16. The number of ketones is 1. The van der Waals surface area contributed by atoms with Crippen molar-refractivity contribution < 1.29 is 14.3 Å². The lowest BCUT2D eigenvalue weighted by Crippen LogP contribution is -2.37. The molecule has 0 unspecified atom stereocenters. The van der Waals surface area contributed by atoms with E-state index in [4.69, 9.17) is 4.74 Å². The zero-order chi connectivity index (χ0) is 12.9. The molecule has 5 heteroatoms. The maximum atomic E-state index is 11.2. The smallest absolute Gasteiger partial charge is 0.314 e. The summed E-state index contributed by atoms with van der Waals surface area (Å²) in [7, 11) is 0. The van der Waals surface area contributed by atoms with E-state index < -0.39 is 0 Å². The molecular formula is C12H24N2O3. The Labute approximate surface area is 103 Å². The van der Waals surface area contributed by atoms with Gasteiger partial charge >= 0.3 is 6.03 Å². The van der Waals surface area contributed by atoms with Crippen molar-refractivity contribution in [3.63, 3.8) is 0 Å². The van der Waals surface area contributed by atoms with Crippen LogP contribution < -0.4 is 10.6 Å². The lowest BCUT2D eigenvalue weighted by Gasteiger charge is -2.07. The quantitative estimate of drug-likeness (QED) is 0.572. The minimum Gasteiger partial charge on any atom is -0.381 e. The molecular weight excluding hydrogens is 220 g/mol. The number of Topliss-reactive ketones (excluding diaryl/α,β-unsaturated/α-hetero) is 1. The molecule has 0 bridgehead atoms. The first-order chi connectivity index (χ1) is 8.16. The van der Waals surface area contributed by atoms with Gasteiger partial charge in [-0.05, 0) is 19.8 Å². The van der Waals surface area contributed by atoms with Gasteiger partial charge in [0.25, 0.3) is 0 Å². The van der Waals surface area contributed by atoms with Crippen LogP contribution in [0.15, 0.2) is 0 Å². The van der Waals surface area contributed by atoms with Crippen molar-refractivity contribution in [3.8, 4) is 0 Å². The van der Waals surface area contributed by atoms with E-state index in [0.717, 1.165) is 25.9 Å². The van der Waals surface area contributed by atoms with E-state index in [9.17, 15) is 9.59 Å². The highest BCUT2D eigenvalue weighted by molar-refractivity contribution is 5.77. The van der Waals surface area contributed by atoms with Crippen LogP contribution in [0.4, 0.5) is 4.79 Å². The van der Waals surface area contributed by atoms with Crippen LogP contribution in [-0.2, 0) is 9.53 Å². The van der Waals surface area contributed by atoms with Crippen LogP contribution in [0.5, 0.6) is 0 Å². The van der Waals surface area contributed by atoms with E-state index in [0.29, 0.717) is 26.1 Å². The summed E-state index contributed by atoms with van der Waals surface area (Å²) in [4.78, 5) is 21.8. The fourth-order valence-corrected chi connectivity index (χ4v) is 1.14. The molecule has 0 aliphatic rings. The Balaban J connectivity index is 3.19. The standard InChI is InChI=1S/C12H24N2O3/c1-3-4-9-17-10-5-7-13-12(16)14-8-6-11(2)15/h3-10H2,1-2H3,(H2,13,14,16). The fraction of sp³-hybridized carbons (Fsp3) is 0.833. The Kier molecular flexibility index (Phi) is 10.7. The van der Waals surface area contributed by atoms with Crippen molar-refractivity contribution in [1.82, 2.24) is 10.6 Å². The summed E-state index contributed by atoms with van der Waals surface area (Å²) in [6.07, 6.45) is 3.41. The van der Waals surface area contributed by atoms with Gasteiger partial charge in [0.05, 0.1) is 0 Å². The van der Waals surface area contributed by atoms with Gasteiger partial charge in [0.2, 0.25) is 0 Å². The lowest BCUT2D eigenvalue weighted by atomic mass is 10.3. The van der Waals surface area contributed by atoms with Gasteiger partial charge in [0.1, 0.15) is 5.78 Å². The Morgan fingerprint density at radius 1 is 1.06 bits per heavy atom. The molecule has 0 rings (SSSR count). The van der Waals surface area contributed by atoms with Gasteiger partial charge in [-0.1, -0.05) is 13.3 Å². The van der Waals surface area contributed by atoms with Crippen molar-refractivity contribution in [2.75, 3.05) is 26.3 Å². The number of carbonyl (C=O) groups is 2. The summed E-state index contributed by atoms with van der Waals surface area (Å²) in [6.45, 7) is 6.09. The Morgan fingerprint density at radius 2 is 1.71 bits per heavy atom. The summed E-state index contributed by atoms with van der Waals surface area (Å²) in [6, 6.07) is -0.222. The molecule has 0 aliphatic heterocycles. The van der Waals surface area contributed by atoms with Crippen LogP contribution in [0, 0.1) is 0 Å². The average Bonchev–Trinajstić information content (AvgIpc) is 2.27. The van der Waals surface area contributed by atoms with Gasteiger partial charge in [0, 0.05) is 32.7 Å². The Morgan fingerprint density at radius 3 is 2.35 bits per heavy atom. The highest BCUT2D eigenvalue weighted by Crippen LogP contribution is 1.89. The SMILES string of the molecule is CCCCOCCCNC(=O)NCCC(C)=O. The number of unbranched alkanes of at least 4 members (excludes halogenated alkanes) is 1. The average molecular weight is 244 g/mol. The minimum atomic E-state index is -0.222. The Hall–Kier alpha value is -1.10. The molecule has 0 atom stereocenters. The largest absolute Gasteiger partial charge is 0.381 e. The van der Waals surface area contributed by atoms with Crippen molar-refractivity contribution in [3.05, 3.63) is 0 Å². The predicted octanol–water partition coefficient (Wildman–Crippen LogP) is 1.47. The van der Waals surface area contributed by atoms with Gasteiger partial charge in [-0.25, -0.2) is 4.79 Å². The van der Waals surface area contributed by atoms with E-state index in [1.54, 1.807) is 0 Å². The second kappa shape index (κ2) is 11.4.